The Morgan fingerprint density at radius 1 is 1.32 bits per heavy atom. The summed E-state index contributed by atoms with van der Waals surface area (Å²) in [5.74, 6) is 0.247. The summed E-state index contributed by atoms with van der Waals surface area (Å²) in [5.41, 5.74) is 1.69. The third kappa shape index (κ3) is 3.72. The van der Waals surface area contributed by atoms with Crippen LogP contribution in [0.25, 0.3) is 0 Å². The van der Waals surface area contributed by atoms with Crippen LogP contribution in [-0.2, 0) is 23.5 Å². The number of aromatic hydroxyl groups is 1. The third-order valence-corrected chi connectivity index (χ3v) is 7.08. The van der Waals surface area contributed by atoms with E-state index in [1.165, 1.54) is 6.20 Å². The predicted molar refractivity (Wildman–Crippen MR) is 95.9 cm³/mol. The Morgan fingerprint density at radius 2 is 2.12 bits per heavy atom. The maximum Gasteiger partial charge on any atom is 0.246 e. The number of hydrogen-bond donors (Lipinski definition) is 1. The highest BCUT2D eigenvalue weighted by Crippen LogP contribution is 2.29. The highest BCUT2D eigenvalue weighted by atomic mass is 32.2. The second-order valence-corrected chi connectivity index (χ2v) is 8.55. The maximum absolute atomic E-state index is 13.1. The third-order valence-electron chi connectivity index (χ3n) is 5.03. The zero-order valence-electron chi connectivity index (χ0n) is 14.7. The first kappa shape index (κ1) is 17.9. The molecule has 0 radical (unpaired) electrons. The Morgan fingerprint density at radius 3 is 2.80 bits per heavy atom. The molecule has 1 saturated heterocycles. The normalized spacial score (nSPS) is 19.2. The van der Waals surface area contributed by atoms with E-state index in [9.17, 15) is 13.5 Å². The Balaban J connectivity index is 1.80. The predicted octanol–water partition coefficient (Wildman–Crippen LogP) is 2.61. The number of sulfonamides is 1. The van der Waals surface area contributed by atoms with E-state index in [1.54, 1.807) is 35.1 Å². The van der Waals surface area contributed by atoms with Crippen LogP contribution in [0.15, 0.2) is 35.4 Å². The van der Waals surface area contributed by atoms with Crippen LogP contribution in [0.5, 0.6) is 5.75 Å². The molecule has 0 aliphatic carbocycles. The summed E-state index contributed by atoms with van der Waals surface area (Å²) in [6, 6.07) is 7.16. The number of aromatic nitrogens is 2. The molecule has 7 heteroatoms. The minimum atomic E-state index is -3.53. The molecule has 2 heterocycles. The highest BCUT2D eigenvalue weighted by molar-refractivity contribution is 7.89. The summed E-state index contributed by atoms with van der Waals surface area (Å²) in [5, 5.41) is 13.7. The first-order valence-electron chi connectivity index (χ1n) is 8.68. The van der Waals surface area contributed by atoms with Gasteiger partial charge in [-0.15, -0.1) is 0 Å². The van der Waals surface area contributed by atoms with E-state index in [4.69, 9.17) is 0 Å². The molecule has 0 saturated carbocycles. The van der Waals surface area contributed by atoms with E-state index in [0.29, 0.717) is 17.1 Å². The number of aryl methyl sites for hydroxylation is 2. The van der Waals surface area contributed by atoms with Crippen LogP contribution in [0.2, 0.25) is 0 Å². The summed E-state index contributed by atoms with van der Waals surface area (Å²) >= 11 is 0. The zero-order chi connectivity index (χ0) is 18.0. The van der Waals surface area contributed by atoms with Crippen LogP contribution in [0.4, 0.5) is 0 Å². The van der Waals surface area contributed by atoms with Gasteiger partial charge < -0.3 is 5.11 Å². The van der Waals surface area contributed by atoms with E-state index in [1.807, 2.05) is 12.1 Å². The molecule has 25 heavy (non-hydrogen) atoms. The van der Waals surface area contributed by atoms with Crippen LogP contribution >= 0.6 is 0 Å². The minimum Gasteiger partial charge on any atom is -0.508 e. The Hall–Kier alpha value is -1.86. The number of benzene rings is 1. The fraction of sp³-hybridized carbons (Fsp3) is 0.500. The minimum absolute atomic E-state index is 0.0132. The molecule has 0 bridgehead atoms. The van der Waals surface area contributed by atoms with Gasteiger partial charge in [-0.2, -0.15) is 9.40 Å². The van der Waals surface area contributed by atoms with Crippen LogP contribution in [-0.4, -0.2) is 40.2 Å². The lowest BCUT2D eigenvalue weighted by Crippen LogP contribution is -2.44. The van der Waals surface area contributed by atoms with Crippen molar-refractivity contribution < 1.29 is 13.5 Å². The molecule has 136 valence electrons. The van der Waals surface area contributed by atoms with Crippen molar-refractivity contribution in [2.45, 2.75) is 50.0 Å². The van der Waals surface area contributed by atoms with Crippen molar-refractivity contribution in [2.24, 2.45) is 7.05 Å². The summed E-state index contributed by atoms with van der Waals surface area (Å²) < 4.78 is 29.5. The summed E-state index contributed by atoms with van der Waals surface area (Å²) in [7, 11) is -1.78. The molecule has 3 rings (SSSR count). The van der Waals surface area contributed by atoms with Gasteiger partial charge >= 0.3 is 0 Å². The van der Waals surface area contributed by atoms with Crippen LogP contribution in [0, 0.1) is 6.92 Å². The van der Waals surface area contributed by atoms with Gasteiger partial charge in [0.15, 0.2) is 0 Å². The lowest BCUT2D eigenvalue weighted by molar-refractivity contribution is 0.241. The van der Waals surface area contributed by atoms with E-state index >= 15 is 0 Å². The topological polar surface area (TPSA) is 75.4 Å². The quantitative estimate of drug-likeness (QED) is 0.886. The standard InChI is InChI=1S/C18H25N3O3S/c1-14-18(13-19-20(14)2)25(23,24)21-11-4-3-7-16(21)10-9-15-6-5-8-17(22)12-15/h5-6,8,12-13,16,22H,3-4,7,9-11H2,1-2H3/t16-/m1/s1. The molecule has 0 amide bonds. The largest absolute Gasteiger partial charge is 0.508 e. The van der Waals surface area contributed by atoms with E-state index in [-0.39, 0.29) is 11.8 Å². The molecule has 1 atom stereocenters. The van der Waals surface area contributed by atoms with Gasteiger partial charge in [0, 0.05) is 19.6 Å². The monoisotopic (exact) mass is 363 g/mol. The first-order chi connectivity index (χ1) is 11.9. The van der Waals surface area contributed by atoms with Crippen LogP contribution in [0.3, 0.4) is 0 Å². The average Bonchev–Trinajstić information content (AvgIpc) is 2.93. The number of rotatable bonds is 5. The lowest BCUT2D eigenvalue weighted by Gasteiger charge is -2.34. The second kappa shape index (κ2) is 7.17. The van der Waals surface area contributed by atoms with Crippen molar-refractivity contribution in [3.8, 4) is 5.75 Å². The highest BCUT2D eigenvalue weighted by Gasteiger charge is 2.35. The molecular formula is C18H25N3O3S. The van der Waals surface area contributed by atoms with Crippen molar-refractivity contribution in [1.82, 2.24) is 14.1 Å². The molecular weight excluding hydrogens is 338 g/mol. The Kier molecular flexibility index (Phi) is 5.15. The molecule has 1 aromatic heterocycles. The van der Waals surface area contributed by atoms with Gasteiger partial charge in [0.1, 0.15) is 10.6 Å². The number of piperidine rings is 1. The fourth-order valence-corrected chi connectivity index (χ4v) is 5.39. The fourth-order valence-electron chi connectivity index (χ4n) is 3.48. The molecule has 6 nitrogen and oxygen atoms in total. The number of hydrogen-bond acceptors (Lipinski definition) is 4. The van der Waals surface area contributed by atoms with Crippen molar-refractivity contribution in [3.63, 3.8) is 0 Å². The molecule has 0 spiro atoms. The van der Waals surface area contributed by atoms with Gasteiger partial charge in [-0.3, -0.25) is 4.68 Å². The maximum atomic E-state index is 13.1. The lowest BCUT2D eigenvalue weighted by atomic mass is 9.98. The smallest absolute Gasteiger partial charge is 0.246 e. The average molecular weight is 363 g/mol. The van der Waals surface area contributed by atoms with E-state index < -0.39 is 10.0 Å². The Labute approximate surface area is 149 Å². The summed E-state index contributed by atoms with van der Waals surface area (Å²) in [6.07, 6.45) is 5.76. The van der Waals surface area contributed by atoms with E-state index in [2.05, 4.69) is 5.10 Å². The molecule has 1 aromatic carbocycles. The Bertz CT molecular complexity index is 845. The van der Waals surface area contributed by atoms with E-state index in [0.717, 1.165) is 37.7 Å². The molecule has 1 aliphatic heterocycles. The number of nitrogens with zero attached hydrogens (tertiary/aromatic N) is 3. The van der Waals surface area contributed by atoms with Gasteiger partial charge in [0.2, 0.25) is 10.0 Å². The second-order valence-electron chi connectivity index (χ2n) is 6.69. The van der Waals surface area contributed by atoms with Gasteiger partial charge in [-0.25, -0.2) is 8.42 Å². The molecule has 2 aromatic rings. The molecule has 1 N–H and O–H groups in total. The SMILES string of the molecule is Cc1c(S(=O)(=O)N2CCCC[C@@H]2CCc2cccc(O)c2)cnn1C. The number of phenolic OH excluding ortho intramolecular Hbond substituents is 1. The zero-order valence-corrected chi connectivity index (χ0v) is 15.5. The summed E-state index contributed by atoms with van der Waals surface area (Å²) in [4.78, 5) is 0.305. The van der Waals surface area contributed by atoms with Gasteiger partial charge in [0.25, 0.3) is 0 Å². The van der Waals surface area contributed by atoms with Crippen molar-refractivity contribution >= 4 is 10.0 Å². The summed E-state index contributed by atoms with van der Waals surface area (Å²) in [6.45, 7) is 2.34. The molecule has 0 unspecified atom stereocenters. The number of phenols is 1. The van der Waals surface area contributed by atoms with Crippen LogP contribution < -0.4 is 0 Å². The van der Waals surface area contributed by atoms with Gasteiger partial charge in [0.05, 0.1) is 11.9 Å². The van der Waals surface area contributed by atoms with Crippen molar-refractivity contribution in [2.75, 3.05) is 6.54 Å². The van der Waals surface area contributed by atoms with Crippen molar-refractivity contribution in [3.05, 3.63) is 41.7 Å². The van der Waals surface area contributed by atoms with Crippen molar-refractivity contribution in [1.29, 1.82) is 0 Å². The van der Waals surface area contributed by atoms with Gasteiger partial charge in [-0.1, -0.05) is 18.6 Å². The molecule has 1 aliphatic rings. The molecule has 1 fully saturated rings. The van der Waals surface area contributed by atoms with Crippen LogP contribution in [0.1, 0.15) is 36.9 Å². The first-order valence-corrected chi connectivity index (χ1v) is 10.1. The van der Waals surface area contributed by atoms with Gasteiger partial charge in [-0.05, 0) is 50.3 Å².